The first-order valence-corrected chi connectivity index (χ1v) is 12.3. The van der Waals surface area contributed by atoms with Crippen molar-refractivity contribution in [3.05, 3.63) is 62.3 Å². The van der Waals surface area contributed by atoms with Crippen LogP contribution in [0, 0.1) is 19.7 Å². The highest BCUT2D eigenvalue weighted by Gasteiger charge is 2.29. The fraction of sp³-hybridized carbons (Fsp3) is 0.556. The van der Waals surface area contributed by atoms with Crippen LogP contribution in [0.3, 0.4) is 0 Å². The molecule has 0 spiro atoms. The number of hydrogen-bond acceptors (Lipinski definition) is 4. The highest BCUT2D eigenvalue weighted by molar-refractivity contribution is 5.97. The molecule has 0 bridgehead atoms. The number of aromatic nitrogens is 1. The van der Waals surface area contributed by atoms with Gasteiger partial charge in [0.15, 0.2) is 0 Å². The first kappa shape index (κ1) is 25.9. The Morgan fingerprint density at radius 1 is 1.18 bits per heavy atom. The summed E-state index contributed by atoms with van der Waals surface area (Å²) in [6.45, 7) is 15.0. The highest BCUT2D eigenvalue weighted by atomic mass is 19.1. The second-order valence-corrected chi connectivity index (χ2v) is 10.0. The van der Waals surface area contributed by atoms with Crippen molar-refractivity contribution >= 4 is 11.6 Å². The minimum atomic E-state index is -0.435. The molecular weight excluding hydrogens is 431 g/mol. The molecule has 0 radical (unpaired) electrons. The van der Waals surface area contributed by atoms with Gasteiger partial charge in [-0.2, -0.15) is 0 Å². The maximum atomic E-state index is 14.8. The minimum absolute atomic E-state index is 0.0913. The van der Waals surface area contributed by atoms with E-state index in [0.717, 1.165) is 41.9 Å². The number of benzene rings is 1. The number of rotatable bonds is 7. The van der Waals surface area contributed by atoms with Crippen LogP contribution in [0.5, 0.6) is 0 Å². The van der Waals surface area contributed by atoms with E-state index in [1.54, 1.807) is 0 Å². The van der Waals surface area contributed by atoms with Gasteiger partial charge in [0.1, 0.15) is 5.82 Å². The standard InChI is InChI=1S/C27H39FN4O2/c1-8-32(21-9-16(4)30-17(5)10-21)25-13-20(28)12-23(19(25)7)26(33)29-14-24-22(15(2)3)11-18(6)31-27(24)34/h11-13,15-17,21,30H,8-10,14H2,1-7H3,(H,29,33)(H,31,34). The van der Waals surface area contributed by atoms with Crippen LogP contribution in [-0.2, 0) is 6.54 Å². The normalized spacial score (nSPS) is 20.4. The highest BCUT2D eigenvalue weighted by Crippen LogP contribution is 2.31. The van der Waals surface area contributed by atoms with Crippen molar-refractivity contribution in [3.8, 4) is 0 Å². The Kier molecular flexibility index (Phi) is 8.18. The molecule has 3 N–H and O–H groups in total. The summed E-state index contributed by atoms with van der Waals surface area (Å²) in [4.78, 5) is 30.8. The monoisotopic (exact) mass is 470 g/mol. The zero-order valence-corrected chi connectivity index (χ0v) is 21.5. The van der Waals surface area contributed by atoms with E-state index in [1.165, 1.54) is 12.1 Å². The SMILES string of the molecule is CCN(c1cc(F)cc(C(=O)NCc2c(C(C)C)cc(C)[nH]c2=O)c1C)C1CC(C)NC(C)C1. The number of carbonyl (C=O) groups excluding carboxylic acids is 1. The second kappa shape index (κ2) is 10.7. The molecule has 1 fully saturated rings. The van der Waals surface area contributed by atoms with Crippen LogP contribution in [0.25, 0.3) is 0 Å². The molecule has 6 nitrogen and oxygen atoms in total. The predicted octanol–water partition coefficient (Wildman–Crippen LogP) is 4.54. The number of aryl methyl sites for hydroxylation is 1. The van der Waals surface area contributed by atoms with Gasteiger partial charge in [0.05, 0.1) is 0 Å². The van der Waals surface area contributed by atoms with Gasteiger partial charge < -0.3 is 20.5 Å². The number of nitrogens with zero attached hydrogens (tertiary/aromatic N) is 1. The maximum absolute atomic E-state index is 14.8. The van der Waals surface area contributed by atoms with Crippen LogP contribution in [-0.4, -0.2) is 35.6 Å². The predicted molar refractivity (Wildman–Crippen MR) is 136 cm³/mol. The molecule has 0 aliphatic carbocycles. The fourth-order valence-electron chi connectivity index (χ4n) is 5.32. The molecule has 2 unspecified atom stereocenters. The molecule has 34 heavy (non-hydrogen) atoms. The number of halogens is 1. The Morgan fingerprint density at radius 2 is 1.82 bits per heavy atom. The molecular formula is C27H39FN4O2. The van der Waals surface area contributed by atoms with Gasteiger partial charge in [-0.05, 0) is 82.7 Å². The summed E-state index contributed by atoms with van der Waals surface area (Å²) in [6.07, 6.45) is 1.92. The van der Waals surface area contributed by atoms with Gasteiger partial charge >= 0.3 is 0 Å². The van der Waals surface area contributed by atoms with Crippen LogP contribution in [0.1, 0.15) is 86.1 Å². The summed E-state index contributed by atoms with van der Waals surface area (Å²) in [5.41, 5.74) is 3.85. The molecule has 1 aliphatic rings. The van der Waals surface area contributed by atoms with Crippen molar-refractivity contribution in [1.82, 2.24) is 15.6 Å². The number of nitrogens with one attached hydrogen (secondary N) is 3. The van der Waals surface area contributed by atoms with Crippen LogP contribution in [0.15, 0.2) is 23.0 Å². The lowest BCUT2D eigenvalue weighted by atomic mass is 9.92. The summed E-state index contributed by atoms with van der Waals surface area (Å²) in [7, 11) is 0. The van der Waals surface area contributed by atoms with Crippen molar-refractivity contribution in [1.29, 1.82) is 0 Å². The first-order valence-electron chi connectivity index (χ1n) is 12.3. The first-order chi connectivity index (χ1) is 16.0. The quantitative estimate of drug-likeness (QED) is 0.555. The van der Waals surface area contributed by atoms with Gasteiger partial charge in [-0.1, -0.05) is 13.8 Å². The molecule has 2 heterocycles. The van der Waals surface area contributed by atoms with Crippen LogP contribution in [0.4, 0.5) is 10.1 Å². The van der Waals surface area contributed by atoms with Crippen LogP contribution >= 0.6 is 0 Å². The molecule has 1 aliphatic heterocycles. The Bertz CT molecular complexity index is 1080. The third-order valence-electron chi connectivity index (χ3n) is 6.85. The molecule has 1 amide bonds. The number of amides is 1. The number of aromatic amines is 1. The lowest BCUT2D eigenvalue weighted by Gasteiger charge is -2.41. The number of piperidine rings is 1. The minimum Gasteiger partial charge on any atom is -0.368 e. The molecule has 3 rings (SSSR count). The van der Waals surface area contributed by atoms with E-state index in [-0.39, 0.29) is 30.0 Å². The van der Waals surface area contributed by atoms with Crippen molar-refractivity contribution in [3.63, 3.8) is 0 Å². The van der Waals surface area contributed by atoms with Crippen molar-refractivity contribution in [2.24, 2.45) is 0 Å². The summed E-state index contributed by atoms with van der Waals surface area (Å²) < 4.78 is 14.8. The number of H-pyrrole nitrogens is 1. The van der Waals surface area contributed by atoms with Gasteiger partial charge in [0, 0.05) is 53.7 Å². The van der Waals surface area contributed by atoms with E-state index in [0.29, 0.717) is 23.2 Å². The van der Waals surface area contributed by atoms with E-state index < -0.39 is 5.82 Å². The Hall–Kier alpha value is -2.67. The molecule has 7 heteroatoms. The fourth-order valence-corrected chi connectivity index (χ4v) is 5.32. The average molecular weight is 471 g/mol. The number of hydrogen-bond donors (Lipinski definition) is 3. The molecule has 186 valence electrons. The number of pyridine rings is 1. The molecule has 2 aromatic rings. The van der Waals surface area contributed by atoms with Gasteiger partial charge in [0.25, 0.3) is 11.5 Å². The molecule has 1 saturated heterocycles. The summed E-state index contributed by atoms with van der Waals surface area (Å²) >= 11 is 0. The van der Waals surface area contributed by atoms with Gasteiger partial charge in [0.2, 0.25) is 0 Å². The average Bonchev–Trinajstić information content (AvgIpc) is 2.74. The zero-order valence-electron chi connectivity index (χ0n) is 21.5. The largest absolute Gasteiger partial charge is 0.368 e. The molecule has 1 aromatic heterocycles. The Morgan fingerprint density at radius 3 is 2.41 bits per heavy atom. The van der Waals surface area contributed by atoms with Crippen molar-refractivity contribution in [2.75, 3.05) is 11.4 Å². The Labute approximate surface area is 202 Å². The molecule has 2 atom stereocenters. The molecule has 1 aromatic carbocycles. The second-order valence-electron chi connectivity index (χ2n) is 10.0. The summed E-state index contributed by atoms with van der Waals surface area (Å²) in [5.74, 6) is -0.672. The lowest BCUT2D eigenvalue weighted by Crippen LogP contribution is -2.51. The van der Waals surface area contributed by atoms with E-state index in [9.17, 15) is 14.0 Å². The maximum Gasteiger partial charge on any atom is 0.253 e. The van der Waals surface area contributed by atoms with E-state index in [4.69, 9.17) is 0 Å². The van der Waals surface area contributed by atoms with Crippen molar-refractivity contribution in [2.45, 2.75) is 91.9 Å². The van der Waals surface area contributed by atoms with E-state index in [1.807, 2.05) is 33.8 Å². The smallest absolute Gasteiger partial charge is 0.253 e. The van der Waals surface area contributed by atoms with E-state index >= 15 is 0 Å². The topological polar surface area (TPSA) is 77.2 Å². The van der Waals surface area contributed by atoms with E-state index in [2.05, 4.69) is 41.3 Å². The van der Waals surface area contributed by atoms with Crippen LogP contribution in [0.2, 0.25) is 0 Å². The Balaban J connectivity index is 1.89. The van der Waals surface area contributed by atoms with Gasteiger partial charge in [-0.3, -0.25) is 9.59 Å². The third kappa shape index (κ3) is 5.69. The van der Waals surface area contributed by atoms with Crippen molar-refractivity contribution < 1.29 is 9.18 Å². The molecule has 0 saturated carbocycles. The van der Waals surface area contributed by atoms with Gasteiger partial charge in [-0.15, -0.1) is 0 Å². The number of carbonyl (C=O) groups is 1. The van der Waals surface area contributed by atoms with Crippen LogP contribution < -0.4 is 21.1 Å². The van der Waals surface area contributed by atoms with Gasteiger partial charge in [-0.25, -0.2) is 4.39 Å². The summed E-state index contributed by atoms with van der Waals surface area (Å²) in [6, 6.07) is 5.79. The summed E-state index contributed by atoms with van der Waals surface area (Å²) in [5, 5.41) is 6.42. The third-order valence-corrected chi connectivity index (χ3v) is 6.85. The lowest BCUT2D eigenvalue weighted by molar-refractivity contribution is 0.0949. The number of anilines is 1. The zero-order chi connectivity index (χ0) is 25.2.